The van der Waals surface area contributed by atoms with Gasteiger partial charge in [-0.1, -0.05) is 48.5 Å². The summed E-state index contributed by atoms with van der Waals surface area (Å²) in [5, 5.41) is 0. The molecule has 0 aromatic heterocycles. The molecule has 0 aliphatic rings. The minimum absolute atomic E-state index is 0.234. The third-order valence-electron chi connectivity index (χ3n) is 4.15. The summed E-state index contributed by atoms with van der Waals surface area (Å²) in [6, 6.07) is 17.3. The third-order valence-corrected chi connectivity index (χ3v) is 4.76. The zero-order chi connectivity index (χ0) is 15.8. The first kappa shape index (κ1) is 17.1. The molecule has 0 aliphatic heterocycles. The molecule has 0 spiro atoms. The van der Waals surface area contributed by atoms with Gasteiger partial charge >= 0.3 is 0 Å². The van der Waals surface area contributed by atoms with Crippen LogP contribution in [0.2, 0.25) is 0 Å². The van der Waals surface area contributed by atoms with E-state index in [1.165, 1.54) is 28.0 Å². The Kier molecular flexibility index (Phi) is 7.01. The number of thioether (sulfide) groups is 1. The van der Waals surface area contributed by atoms with Gasteiger partial charge < -0.3 is 4.74 Å². The Bertz CT molecular complexity index is 565. The van der Waals surface area contributed by atoms with E-state index in [0.717, 1.165) is 19.3 Å². The molecule has 2 aromatic carbocycles. The average Bonchev–Trinajstić information content (AvgIpc) is 2.54. The molecule has 118 valence electrons. The van der Waals surface area contributed by atoms with E-state index in [1.54, 1.807) is 0 Å². The van der Waals surface area contributed by atoms with Gasteiger partial charge in [0.2, 0.25) is 0 Å². The molecule has 0 aliphatic carbocycles. The molecule has 0 N–H and O–H groups in total. The van der Waals surface area contributed by atoms with E-state index in [9.17, 15) is 0 Å². The Morgan fingerprint density at radius 1 is 1.00 bits per heavy atom. The first-order valence-electron chi connectivity index (χ1n) is 7.87. The summed E-state index contributed by atoms with van der Waals surface area (Å²) in [6.45, 7) is 2.22. The fourth-order valence-electron chi connectivity index (χ4n) is 2.88. The summed E-state index contributed by atoms with van der Waals surface area (Å²) in [4.78, 5) is 0. The fraction of sp³-hybridized carbons (Fsp3) is 0.400. The molecule has 0 saturated heterocycles. The van der Waals surface area contributed by atoms with E-state index in [1.807, 2.05) is 18.9 Å². The number of benzene rings is 2. The van der Waals surface area contributed by atoms with Gasteiger partial charge in [-0.25, -0.2) is 0 Å². The van der Waals surface area contributed by atoms with Gasteiger partial charge in [0, 0.05) is 7.11 Å². The topological polar surface area (TPSA) is 9.23 Å². The van der Waals surface area contributed by atoms with Crippen molar-refractivity contribution in [3.63, 3.8) is 0 Å². The summed E-state index contributed by atoms with van der Waals surface area (Å²) in [6.07, 6.45) is 5.50. The van der Waals surface area contributed by atoms with Crippen molar-refractivity contribution < 1.29 is 4.74 Å². The van der Waals surface area contributed by atoms with Gasteiger partial charge in [0.25, 0.3) is 0 Å². The molecule has 22 heavy (non-hydrogen) atoms. The molecule has 0 heterocycles. The van der Waals surface area contributed by atoms with Crippen molar-refractivity contribution in [2.75, 3.05) is 19.1 Å². The smallest absolute Gasteiger partial charge is 0.0652 e. The van der Waals surface area contributed by atoms with Crippen molar-refractivity contribution in [3.8, 4) is 0 Å². The number of hydrogen-bond acceptors (Lipinski definition) is 2. The fourth-order valence-corrected chi connectivity index (χ4v) is 3.29. The molecule has 1 nitrogen and oxygen atoms in total. The first-order chi connectivity index (χ1) is 10.7. The summed E-state index contributed by atoms with van der Waals surface area (Å²) < 4.78 is 5.75. The molecule has 0 saturated carbocycles. The summed E-state index contributed by atoms with van der Waals surface area (Å²) in [5.41, 5.74) is 5.69. The van der Waals surface area contributed by atoms with E-state index >= 15 is 0 Å². The Morgan fingerprint density at radius 2 is 1.77 bits per heavy atom. The lowest BCUT2D eigenvalue weighted by molar-refractivity contribution is 0.103. The lowest BCUT2D eigenvalue weighted by Crippen LogP contribution is -2.18. The minimum atomic E-state index is 0.234. The summed E-state index contributed by atoms with van der Waals surface area (Å²) in [7, 11) is 1.82. The number of methoxy groups -OCH3 is 1. The van der Waals surface area contributed by atoms with Crippen LogP contribution in [0.4, 0.5) is 0 Å². The van der Waals surface area contributed by atoms with E-state index in [2.05, 4.69) is 61.7 Å². The second kappa shape index (κ2) is 9.02. The largest absolute Gasteiger partial charge is 0.381 e. The van der Waals surface area contributed by atoms with Crippen LogP contribution in [-0.4, -0.2) is 25.2 Å². The van der Waals surface area contributed by atoms with Crippen molar-refractivity contribution in [2.45, 2.75) is 32.3 Å². The highest BCUT2D eigenvalue weighted by molar-refractivity contribution is 7.98. The summed E-state index contributed by atoms with van der Waals surface area (Å²) in [5.74, 6) is 1.17. The molecule has 2 heteroatoms. The van der Waals surface area contributed by atoms with Gasteiger partial charge in [0.05, 0.1) is 6.10 Å². The monoisotopic (exact) mass is 314 g/mol. The maximum absolute atomic E-state index is 5.75. The van der Waals surface area contributed by atoms with Gasteiger partial charge in [-0.3, -0.25) is 0 Å². The van der Waals surface area contributed by atoms with Crippen LogP contribution in [-0.2, 0) is 24.0 Å². The van der Waals surface area contributed by atoms with Gasteiger partial charge in [0.15, 0.2) is 0 Å². The van der Waals surface area contributed by atoms with Crippen LogP contribution in [0.3, 0.4) is 0 Å². The lowest BCUT2D eigenvalue weighted by atomic mass is 9.93. The van der Waals surface area contributed by atoms with Crippen LogP contribution in [0.1, 0.15) is 22.3 Å². The molecule has 1 atom stereocenters. The molecule has 2 rings (SSSR count). The Labute approximate surface area is 139 Å². The normalized spacial score (nSPS) is 12.3. The standard InChI is InChI=1S/C20H26OS/c1-16-8-7-11-18(20(16)12-13-22-3)15-19(21-2)14-17-9-5-4-6-10-17/h4-11,19H,12-15H2,1-3H3. The highest BCUT2D eigenvalue weighted by Gasteiger charge is 2.13. The van der Waals surface area contributed by atoms with Crippen molar-refractivity contribution in [2.24, 2.45) is 0 Å². The van der Waals surface area contributed by atoms with Crippen LogP contribution in [0, 0.1) is 6.92 Å². The number of hydrogen-bond donors (Lipinski definition) is 0. The van der Waals surface area contributed by atoms with E-state index < -0.39 is 0 Å². The zero-order valence-electron chi connectivity index (χ0n) is 13.8. The van der Waals surface area contributed by atoms with Crippen molar-refractivity contribution >= 4 is 11.8 Å². The molecule has 1 unspecified atom stereocenters. The molecule has 2 aromatic rings. The van der Waals surface area contributed by atoms with Crippen LogP contribution >= 0.6 is 11.8 Å². The molecule has 0 radical (unpaired) electrons. The molecule has 0 bridgehead atoms. The van der Waals surface area contributed by atoms with Gasteiger partial charge in [0.1, 0.15) is 0 Å². The quantitative estimate of drug-likeness (QED) is 0.698. The van der Waals surface area contributed by atoms with E-state index in [0.29, 0.717) is 0 Å². The zero-order valence-corrected chi connectivity index (χ0v) is 14.7. The Morgan fingerprint density at radius 3 is 2.45 bits per heavy atom. The minimum Gasteiger partial charge on any atom is -0.381 e. The first-order valence-corrected chi connectivity index (χ1v) is 9.27. The second-order valence-corrected chi connectivity index (χ2v) is 6.69. The Hall–Kier alpha value is -1.25. The van der Waals surface area contributed by atoms with E-state index in [4.69, 9.17) is 4.74 Å². The summed E-state index contributed by atoms with van der Waals surface area (Å²) >= 11 is 1.91. The van der Waals surface area contributed by atoms with Gasteiger partial charge in [-0.05, 0) is 60.4 Å². The average molecular weight is 314 g/mol. The van der Waals surface area contributed by atoms with Crippen LogP contribution in [0.15, 0.2) is 48.5 Å². The van der Waals surface area contributed by atoms with E-state index in [-0.39, 0.29) is 6.10 Å². The number of aryl methyl sites for hydroxylation is 1. The number of rotatable bonds is 8. The van der Waals surface area contributed by atoms with Crippen molar-refractivity contribution in [3.05, 3.63) is 70.8 Å². The Balaban J connectivity index is 2.12. The lowest BCUT2D eigenvalue weighted by Gasteiger charge is -2.19. The molecular formula is C20H26OS. The SMILES string of the molecule is COC(Cc1ccccc1)Cc1cccc(C)c1CCSC. The third kappa shape index (κ3) is 4.89. The second-order valence-electron chi connectivity index (χ2n) is 5.71. The van der Waals surface area contributed by atoms with Crippen LogP contribution in [0.5, 0.6) is 0 Å². The maximum atomic E-state index is 5.75. The predicted molar refractivity (Wildman–Crippen MR) is 97.9 cm³/mol. The maximum Gasteiger partial charge on any atom is 0.0652 e. The molecule has 0 amide bonds. The highest BCUT2D eigenvalue weighted by Crippen LogP contribution is 2.20. The van der Waals surface area contributed by atoms with Gasteiger partial charge in [-0.2, -0.15) is 11.8 Å². The van der Waals surface area contributed by atoms with Gasteiger partial charge in [-0.15, -0.1) is 0 Å². The molecule has 0 fully saturated rings. The van der Waals surface area contributed by atoms with Crippen LogP contribution in [0.25, 0.3) is 0 Å². The van der Waals surface area contributed by atoms with Crippen molar-refractivity contribution in [1.82, 2.24) is 0 Å². The van der Waals surface area contributed by atoms with Crippen molar-refractivity contribution in [1.29, 1.82) is 0 Å². The molecular weight excluding hydrogens is 288 g/mol. The van der Waals surface area contributed by atoms with Crippen LogP contribution < -0.4 is 0 Å². The predicted octanol–water partition coefficient (Wildman–Crippen LogP) is 4.70. The highest BCUT2D eigenvalue weighted by atomic mass is 32.2. The number of ether oxygens (including phenoxy) is 1.